The molecule has 1 aromatic rings. The van der Waals surface area contributed by atoms with E-state index in [0.29, 0.717) is 6.04 Å². The lowest BCUT2D eigenvalue weighted by Crippen LogP contribution is -2.27. The maximum absolute atomic E-state index is 4.45. The number of anilines is 2. The Bertz CT molecular complexity index is 359. The van der Waals surface area contributed by atoms with E-state index in [1.54, 1.807) is 0 Å². The van der Waals surface area contributed by atoms with Crippen LogP contribution in [0.15, 0.2) is 18.3 Å². The topological polar surface area (TPSA) is 28.2 Å². The summed E-state index contributed by atoms with van der Waals surface area (Å²) in [5.74, 6) is 1.92. The van der Waals surface area contributed by atoms with Gasteiger partial charge < -0.3 is 10.2 Å². The van der Waals surface area contributed by atoms with Crippen LogP contribution in [-0.4, -0.2) is 25.1 Å². The number of aromatic nitrogens is 1. The molecule has 0 saturated heterocycles. The van der Waals surface area contributed by atoms with E-state index in [2.05, 4.69) is 29.4 Å². The Labute approximate surface area is 111 Å². The SMILES string of the molecule is CCC1CCCC(Nc2ccc(N(C)C)nc2)C1. The third kappa shape index (κ3) is 3.37. The molecule has 1 heterocycles. The minimum Gasteiger partial charge on any atom is -0.381 e. The Kier molecular flexibility index (Phi) is 4.45. The van der Waals surface area contributed by atoms with E-state index in [-0.39, 0.29) is 0 Å². The van der Waals surface area contributed by atoms with Crippen LogP contribution in [0.3, 0.4) is 0 Å². The van der Waals surface area contributed by atoms with Crippen LogP contribution < -0.4 is 10.2 Å². The highest BCUT2D eigenvalue weighted by atomic mass is 15.1. The summed E-state index contributed by atoms with van der Waals surface area (Å²) in [5.41, 5.74) is 1.15. The summed E-state index contributed by atoms with van der Waals surface area (Å²) >= 11 is 0. The molecule has 0 amide bonds. The first kappa shape index (κ1) is 13.2. The Morgan fingerprint density at radius 1 is 1.33 bits per heavy atom. The summed E-state index contributed by atoms with van der Waals surface area (Å²) < 4.78 is 0. The van der Waals surface area contributed by atoms with Gasteiger partial charge in [-0.05, 0) is 30.9 Å². The first-order chi connectivity index (χ1) is 8.69. The second kappa shape index (κ2) is 6.07. The van der Waals surface area contributed by atoms with Crippen LogP contribution in [0.2, 0.25) is 0 Å². The normalized spacial score (nSPS) is 23.7. The van der Waals surface area contributed by atoms with Crippen LogP contribution >= 0.6 is 0 Å². The number of nitrogens with zero attached hydrogens (tertiary/aromatic N) is 2. The standard InChI is InChI=1S/C15H25N3/c1-4-12-6-5-7-13(10-12)17-14-8-9-15(16-11-14)18(2)3/h8-9,11-13,17H,4-7,10H2,1-3H3. The second-order valence-electron chi connectivity index (χ2n) is 5.58. The van der Waals surface area contributed by atoms with Gasteiger partial charge in [0, 0.05) is 20.1 Å². The Hall–Kier alpha value is -1.25. The molecule has 1 saturated carbocycles. The van der Waals surface area contributed by atoms with Crippen molar-refractivity contribution in [1.29, 1.82) is 0 Å². The Morgan fingerprint density at radius 3 is 2.78 bits per heavy atom. The smallest absolute Gasteiger partial charge is 0.128 e. The van der Waals surface area contributed by atoms with Crippen molar-refractivity contribution in [2.24, 2.45) is 5.92 Å². The molecule has 1 N–H and O–H groups in total. The van der Waals surface area contributed by atoms with Gasteiger partial charge in [-0.15, -0.1) is 0 Å². The van der Waals surface area contributed by atoms with Crippen molar-refractivity contribution < 1.29 is 0 Å². The number of pyridine rings is 1. The van der Waals surface area contributed by atoms with Crippen molar-refractivity contribution in [1.82, 2.24) is 4.98 Å². The summed E-state index contributed by atoms with van der Waals surface area (Å²) in [7, 11) is 4.03. The fourth-order valence-electron chi connectivity index (χ4n) is 2.76. The highest BCUT2D eigenvalue weighted by molar-refractivity contribution is 5.48. The number of hydrogen-bond donors (Lipinski definition) is 1. The molecule has 0 aliphatic heterocycles. The van der Waals surface area contributed by atoms with Gasteiger partial charge in [0.15, 0.2) is 0 Å². The monoisotopic (exact) mass is 247 g/mol. The van der Waals surface area contributed by atoms with Crippen molar-refractivity contribution in [2.75, 3.05) is 24.3 Å². The lowest BCUT2D eigenvalue weighted by atomic mass is 9.84. The van der Waals surface area contributed by atoms with Gasteiger partial charge in [0.25, 0.3) is 0 Å². The van der Waals surface area contributed by atoms with Crippen LogP contribution in [0.1, 0.15) is 39.0 Å². The van der Waals surface area contributed by atoms with Crippen molar-refractivity contribution in [3.63, 3.8) is 0 Å². The molecule has 2 unspecified atom stereocenters. The summed E-state index contributed by atoms with van der Waals surface area (Å²) in [6.07, 6.45) is 8.64. The van der Waals surface area contributed by atoms with Crippen molar-refractivity contribution in [2.45, 2.75) is 45.1 Å². The number of hydrogen-bond acceptors (Lipinski definition) is 3. The van der Waals surface area contributed by atoms with E-state index >= 15 is 0 Å². The predicted molar refractivity (Wildman–Crippen MR) is 78.2 cm³/mol. The Morgan fingerprint density at radius 2 is 2.17 bits per heavy atom. The van der Waals surface area contributed by atoms with E-state index in [0.717, 1.165) is 17.4 Å². The van der Waals surface area contributed by atoms with Gasteiger partial charge in [0.2, 0.25) is 0 Å². The van der Waals surface area contributed by atoms with Crippen LogP contribution in [0, 0.1) is 5.92 Å². The van der Waals surface area contributed by atoms with Crippen LogP contribution in [0.25, 0.3) is 0 Å². The molecule has 1 aliphatic rings. The minimum atomic E-state index is 0.635. The Balaban J connectivity index is 1.92. The first-order valence-electron chi connectivity index (χ1n) is 7.09. The average molecular weight is 247 g/mol. The van der Waals surface area contributed by atoms with E-state index in [9.17, 15) is 0 Å². The van der Waals surface area contributed by atoms with Crippen molar-refractivity contribution >= 4 is 11.5 Å². The quantitative estimate of drug-likeness (QED) is 0.882. The van der Waals surface area contributed by atoms with Crippen LogP contribution in [0.4, 0.5) is 11.5 Å². The third-order valence-corrected chi connectivity index (χ3v) is 3.94. The fourth-order valence-corrected chi connectivity index (χ4v) is 2.76. The molecule has 1 aliphatic carbocycles. The maximum Gasteiger partial charge on any atom is 0.128 e. The molecule has 1 fully saturated rings. The largest absolute Gasteiger partial charge is 0.381 e. The summed E-state index contributed by atoms with van der Waals surface area (Å²) in [6.45, 7) is 2.31. The first-order valence-corrected chi connectivity index (χ1v) is 7.09. The zero-order valence-electron chi connectivity index (χ0n) is 11.8. The zero-order valence-corrected chi connectivity index (χ0v) is 11.8. The third-order valence-electron chi connectivity index (χ3n) is 3.94. The van der Waals surface area contributed by atoms with Gasteiger partial charge in [-0.25, -0.2) is 4.98 Å². The molecule has 18 heavy (non-hydrogen) atoms. The van der Waals surface area contributed by atoms with E-state index in [1.807, 2.05) is 25.2 Å². The van der Waals surface area contributed by atoms with Gasteiger partial charge in [-0.2, -0.15) is 0 Å². The van der Waals surface area contributed by atoms with Crippen LogP contribution in [0.5, 0.6) is 0 Å². The molecule has 0 spiro atoms. The van der Waals surface area contributed by atoms with E-state index in [1.165, 1.54) is 32.1 Å². The van der Waals surface area contributed by atoms with Crippen LogP contribution in [-0.2, 0) is 0 Å². The van der Waals surface area contributed by atoms with Gasteiger partial charge in [-0.3, -0.25) is 0 Å². The molecule has 100 valence electrons. The summed E-state index contributed by atoms with van der Waals surface area (Å²) in [6, 6.07) is 4.84. The minimum absolute atomic E-state index is 0.635. The van der Waals surface area contributed by atoms with Gasteiger partial charge >= 0.3 is 0 Å². The molecule has 3 nitrogen and oxygen atoms in total. The molecule has 0 aromatic carbocycles. The lowest BCUT2D eigenvalue weighted by Gasteiger charge is -2.29. The highest BCUT2D eigenvalue weighted by Crippen LogP contribution is 2.28. The van der Waals surface area contributed by atoms with Gasteiger partial charge in [0.1, 0.15) is 5.82 Å². The van der Waals surface area contributed by atoms with E-state index in [4.69, 9.17) is 0 Å². The number of rotatable bonds is 4. The molecule has 0 bridgehead atoms. The molecular formula is C15H25N3. The van der Waals surface area contributed by atoms with E-state index < -0.39 is 0 Å². The second-order valence-corrected chi connectivity index (χ2v) is 5.58. The molecule has 0 radical (unpaired) electrons. The summed E-state index contributed by atoms with van der Waals surface area (Å²) in [4.78, 5) is 6.47. The van der Waals surface area contributed by atoms with Crippen molar-refractivity contribution in [3.05, 3.63) is 18.3 Å². The summed E-state index contributed by atoms with van der Waals surface area (Å²) in [5, 5.41) is 3.63. The van der Waals surface area contributed by atoms with Gasteiger partial charge in [0.05, 0.1) is 11.9 Å². The van der Waals surface area contributed by atoms with Gasteiger partial charge in [-0.1, -0.05) is 26.2 Å². The fraction of sp³-hybridized carbons (Fsp3) is 0.667. The zero-order chi connectivity index (χ0) is 13.0. The number of nitrogens with one attached hydrogen (secondary N) is 1. The van der Waals surface area contributed by atoms with Crippen molar-refractivity contribution in [3.8, 4) is 0 Å². The molecule has 3 heteroatoms. The highest BCUT2D eigenvalue weighted by Gasteiger charge is 2.20. The molecule has 1 aromatic heterocycles. The molecule has 2 rings (SSSR count). The molecule has 2 atom stereocenters. The molecular weight excluding hydrogens is 222 g/mol. The maximum atomic E-state index is 4.45. The average Bonchev–Trinajstić information content (AvgIpc) is 2.39. The predicted octanol–water partition coefficient (Wildman–Crippen LogP) is 3.53. The lowest BCUT2D eigenvalue weighted by molar-refractivity contribution is 0.327.